The van der Waals surface area contributed by atoms with Gasteiger partial charge in [-0.25, -0.2) is 4.98 Å². The summed E-state index contributed by atoms with van der Waals surface area (Å²) in [4.78, 5) is 30.9. The molecule has 0 unspecified atom stereocenters. The minimum Gasteiger partial charge on any atom is -0.395 e. The van der Waals surface area contributed by atoms with E-state index in [2.05, 4.69) is 10.3 Å². The van der Waals surface area contributed by atoms with E-state index in [0.717, 1.165) is 16.9 Å². The fourth-order valence-corrected chi connectivity index (χ4v) is 3.28. The van der Waals surface area contributed by atoms with Crippen molar-refractivity contribution >= 4 is 40.7 Å². The fraction of sp³-hybridized carbons (Fsp3) is 0.160. The third-order valence-corrected chi connectivity index (χ3v) is 5.14. The van der Waals surface area contributed by atoms with Crippen LogP contribution in [-0.2, 0) is 0 Å². The lowest BCUT2D eigenvalue weighted by Gasteiger charge is -2.17. The van der Waals surface area contributed by atoms with Gasteiger partial charge < -0.3 is 15.3 Å². The Morgan fingerprint density at radius 3 is 2.38 bits per heavy atom. The molecule has 2 aromatic carbocycles. The lowest BCUT2D eigenvalue weighted by Crippen LogP contribution is -2.20. The van der Waals surface area contributed by atoms with Crippen LogP contribution in [-0.4, -0.2) is 42.0 Å². The molecule has 1 heterocycles. The normalized spacial score (nSPS) is 10.9. The van der Waals surface area contributed by atoms with E-state index in [1.54, 1.807) is 49.4 Å². The number of allylic oxidation sites excluding steroid dienone is 1. The summed E-state index contributed by atoms with van der Waals surface area (Å²) in [6, 6.07) is 17.7. The van der Waals surface area contributed by atoms with E-state index in [4.69, 9.17) is 16.7 Å². The van der Waals surface area contributed by atoms with Crippen molar-refractivity contribution in [2.45, 2.75) is 6.92 Å². The lowest BCUT2D eigenvalue weighted by molar-refractivity contribution is 0.102. The van der Waals surface area contributed by atoms with E-state index >= 15 is 0 Å². The van der Waals surface area contributed by atoms with Crippen LogP contribution >= 0.6 is 11.6 Å². The van der Waals surface area contributed by atoms with Gasteiger partial charge in [-0.1, -0.05) is 29.8 Å². The SMILES string of the molecule is Cc1ccc(C(=O)Nc2ccc(C(=O)/C=C/c3ccc(N(C)CCO)cc3)cc2)c(Cl)n1. The van der Waals surface area contributed by atoms with Gasteiger partial charge in [-0.3, -0.25) is 9.59 Å². The van der Waals surface area contributed by atoms with Crippen LogP contribution in [0.5, 0.6) is 0 Å². The van der Waals surface area contributed by atoms with Crippen LogP contribution in [0.2, 0.25) is 5.15 Å². The number of carbonyl (C=O) groups excluding carboxylic acids is 2. The smallest absolute Gasteiger partial charge is 0.258 e. The Morgan fingerprint density at radius 1 is 1.06 bits per heavy atom. The summed E-state index contributed by atoms with van der Waals surface area (Å²) >= 11 is 6.04. The number of carbonyl (C=O) groups is 2. The zero-order valence-corrected chi connectivity index (χ0v) is 18.6. The van der Waals surface area contributed by atoms with Crippen molar-refractivity contribution in [3.63, 3.8) is 0 Å². The number of aryl methyl sites for hydroxylation is 1. The van der Waals surface area contributed by atoms with E-state index in [-0.39, 0.29) is 29.0 Å². The number of hydrogen-bond donors (Lipinski definition) is 2. The number of anilines is 2. The quantitative estimate of drug-likeness (QED) is 0.298. The van der Waals surface area contributed by atoms with Crippen molar-refractivity contribution in [3.8, 4) is 0 Å². The van der Waals surface area contributed by atoms with Crippen molar-refractivity contribution in [2.24, 2.45) is 0 Å². The third kappa shape index (κ3) is 6.03. The summed E-state index contributed by atoms with van der Waals surface area (Å²) in [6.07, 6.45) is 3.26. The number of nitrogens with zero attached hydrogens (tertiary/aromatic N) is 2. The Kier molecular flexibility index (Phi) is 7.76. The maximum atomic E-state index is 12.5. The van der Waals surface area contributed by atoms with Gasteiger partial charge in [0.05, 0.1) is 12.2 Å². The minimum atomic E-state index is -0.366. The first-order chi connectivity index (χ1) is 15.4. The van der Waals surface area contributed by atoms with Gasteiger partial charge in [0.2, 0.25) is 0 Å². The van der Waals surface area contributed by atoms with Crippen LogP contribution in [0.3, 0.4) is 0 Å². The number of nitrogens with one attached hydrogen (secondary N) is 1. The molecule has 0 aliphatic heterocycles. The van der Waals surface area contributed by atoms with Crippen molar-refractivity contribution in [1.29, 1.82) is 0 Å². The summed E-state index contributed by atoms with van der Waals surface area (Å²) in [6.45, 7) is 2.44. The highest BCUT2D eigenvalue weighted by atomic mass is 35.5. The second-order valence-corrected chi connectivity index (χ2v) is 7.61. The molecule has 3 aromatic rings. The van der Waals surface area contributed by atoms with E-state index < -0.39 is 0 Å². The molecular weight excluding hydrogens is 426 g/mol. The average molecular weight is 450 g/mol. The molecule has 7 heteroatoms. The zero-order chi connectivity index (χ0) is 23.1. The Hall–Kier alpha value is -3.48. The lowest BCUT2D eigenvalue weighted by atomic mass is 10.1. The number of pyridine rings is 1. The third-order valence-electron chi connectivity index (χ3n) is 4.86. The summed E-state index contributed by atoms with van der Waals surface area (Å²) in [5, 5.41) is 11.9. The average Bonchev–Trinajstić information content (AvgIpc) is 2.78. The number of rotatable bonds is 8. The fourth-order valence-electron chi connectivity index (χ4n) is 3.00. The Balaban J connectivity index is 1.61. The predicted octanol–water partition coefficient (Wildman–Crippen LogP) is 4.62. The van der Waals surface area contributed by atoms with Crippen LogP contribution in [0.15, 0.2) is 66.7 Å². The standard InChI is InChI=1S/C25H24ClN3O3/c1-17-3-13-22(24(26)27-17)25(32)28-20-9-7-19(8-10-20)23(31)14-6-18-4-11-21(12-5-18)29(2)15-16-30/h3-14,30H,15-16H2,1-2H3,(H,28,32)/b14-6+. The molecule has 3 rings (SSSR count). The van der Waals surface area contributed by atoms with Gasteiger partial charge in [0.1, 0.15) is 5.15 Å². The molecule has 0 spiro atoms. The van der Waals surface area contributed by atoms with E-state index in [0.29, 0.717) is 17.8 Å². The topological polar surface area (TPSA) is 82.5 Å². The van der Waals surface area contributed by atoms with Gasteiger partial charge in [-0.15, -0.1) is 0 Å². The molecule has 1 aromatic heterocycles. The van der Waals surface area contributed by atoms with E-state index in [1.165, 1.54) is 6.08 Å². The van der Waals surface area contributed by atoms with Crippen molar-refractivity contribution in [1.82, 2.24) is 4.98 Å². The number of aliphatic hydroxyl groups excluding tert-OH is 1. The van der Waals surface area contributed by atoms with Crippen LogP contribution in [0.4, 0.5) is 11.4 Å². The Morgan fingerprint density at radius 2 is 1.75 bits per heavy atom. The molecule has 0 saturated carbocycles. The van der Waals surface area contributed by atoms with Crippen molar-refractivity contribution in [2.75, 3.05) is 30.4 Å². The Bertz CT molecular complexity index is 1130. The Labute approximate surface area is 192 Å². The maximum absolute atomic E-state index is 12.5. The number of halogens is 1. The largest absolute Gasteiger partial charge is 0.395 e. The van der Waals surface area contributed by atoms with Gasteiger partial charge >= 0.3 is 0 Å². The van der Waals surface area contributed by atoms with Crippen molar-refractivity contribution < 1.29 is 14.7 Å². The van der Waals surface area contributed by atoms with E-state index in [9.17, 15) is 9.59 Å². The minimum absolute atomic E-state index is 0.0893. The van der Waals surface area contributed by atoms with Crippen LogP contribution in [0.25, 0.3) is 6.08 Å². The van der Waals surface area contributed by atoms with Crippen LogP contribution in [0.1, 0.15) is 32.0 Å². The summed E-state index contributed by atoms with van der Waals surface area (Å²) < 4.78 is 0. The molecule has 6 nitrogen and oxygen atoms in total. The molecule has 32 heavy (non-hydrogen) atoms. The molecule has 1 amide bonds. The maximum Gasteiger partial charge on any atom is 0.258 e. The first-order valence-corrected chi connectivity index (χ1v) is 10.4. The molecule has 0 bridgehead atoms. The van der Waals surface area contributed by atoms with Crippen LogP contribution < -0.4 is 10.2 Å². The van der Waals surface area contributed by atoms with Crippen molar-refractivity contribution in [3.05, 3.63) is 94.3 Å². The van der Waals surface area contributed by atoms with Gasteiger partial charge in [0.15, 0.2) is 5.78 Å². The number of amides is 1. The molecule has 0 saturated heterocycles. The molecule has 0 radical (unpaired) electrons. The highest BCUT2D eigenvalue weighted by molar-refractivity contribution is 6.33. The second kappa shape index (κ2) is 10.7. The monoisotopic (exact) mass is 449 g/mol. The molecular formula is C25H24ClN3O3. The first kappa shape index (κ1) is 23.2. The van der Waals surface area contributed by atoms with Gasteiger partial charge in [0.25, 0.3) is 5.91 Å². The number of likely N-dealkylation sites (N-methyl/N-ethyl adjacent to an activating group) is 1. The summed E-state index contributed by atoms with van der Waals surface area (Å²) in [5.74, 6) is -0.510. The molecule has 2 N–H and O–H groups in total. The van der Waals surface area contributed by atoms with Gasteiger partial charge in [0, 0.05) is 36.2 Å². The second-order valence-electron chi connectivity index (χ2n) is 7.26. The number of ketones is 1. The summed E-state index contributed by atoms with van der Waals surface area (Å²) in [5.41, 5.74) is 3.96. The molecule has 0 atom stereocenters. The number of aromatic nitrogens is 1. The first-order valence-electron chi connectivity index (χ1n) is 10.1. The van der Waals surface area contributed by atoms with E-state index in [1.807, 2.05) is 36.2 Å². The van der Waals surface area contributed by atoms with Gasteiger partial charge in [-0.2, -0.15) is 0 Å². The van der Waals surface area contributed by atoms with Gasteiger partial charge in [-0.05, 0) is 67.1 Å². The summed E-state index contributed by atoms with van der Waals surface area (Å²) in [7, 11) is 1.91. The highest BCUT2D eigenvalue weighted by Gasteiger charge is 2.12. The number of hydrogen-bond acceptors (Lipinski definition) is 5. The number of benzene rings is 2. The molecule has 0 aliphatic rings. The molecule has 0 fully saturated rings. The van der Waals surface area contributed by atoms with Crippen LogP contribution in [0, 0.1) is 6.92 Å². The predicted molar refractivity (Wildman–Crippen MR) is 129 cm³/mol. The highest BCUT2D eigenvalue weighted by Crippen LogP contribution is 2.18. The molecule has 164 valence electrons. The zero-order valence-electron chi connectivity index (χ0n) is 17.9. The molecule has 0 aliphatic carbocycles. The number of aliphatic hydroxyl groups is 1.